The summed E-state index contributed by atoms with van der Waals surface area (Å²) in [5.74, 6) is 0. The number of hydrogen-bond donors (Lipinski definition) is 1. The molecule has 2 saturated heterocycles. The van der Waals surface area contributed by atoms with E-state index >= 15 is 0 Å². The lowest BCUT2D eigenvalue weighted by Gasteiger charge is -2.58. The van der Waals surface area contributed by atoms with E-state index < -0.39 is 0 Å². The molecule has 2 aliphatic rings. The van der Waals surface area contributed by atoms with Gasteiger partial charge >= 0.3 is 0 Å². The van der Waals surface area contributed by atoms with Gasteiger partial charge in [0.1, 0.15) is 0 Å². The lowest BCUT2D eigenvalue weighted by Crippen LogP contribution is -2.64. The molecule has 1 N–H and O–H groups in total. The van der Waals surface area contributed by atoms with E-state index in [4.69, 9.17) is 9.84 Å². The van der Waals surface area contributed by atoms with Gasteiger partial charge in [-0.15, -0.1) is 0 Å². The Morgan fingerprint density at radius 1 is 1.27 bits per heavy atom. The van der Waals surface area contributed by atoms with Crippen LogP contribution in [0.25, 0.3) is 0 Å². The molecule has 2 heterocycles. The van der Waals surface area contributed by atoms with E-state index in [1.165, 1.54) is 25.9 Å². The second-order valence-corrected chi connectivity index (χ2v) is 5.75. The molecule has 0 aromatic carbocycles. The monoisotopic (exact) mass is 213 g/mol. The molecular weight excluding hydrogens is 190 g/mol. The summed E-state index contributed by atoms with van der Waals surface area (Å²) in [6.45, 7) is 9.03. The number of likely N-dealkylation sites (tertiary alicyclic amines) is 1. The third-order valence-corrected chi connectivity index (χ3v) is 4.19. The average Bonchev–Trinajstić information content (AvgIpc) is 2.15. The van der Waals surface area contributed by atoms with E-state index in [-0.39, 0.29) is 5.54 Å². The number of aliphatic hydroxyl groups is 1. The number of hydrogen-bond acceptors (Lipinski definition) is 3. The highest BCUT2D eigenvalue weighted by Gasteiger charge is 2.48. The highest BCUT2D eigenvalue weighted by atomic mass is 16.5. The van der Waals surface area contributed by atoms with Crippen LogP contribution in [0, 0.1) is 5.41 Å². The minimum absolute atomic E-state index is 0.165. The molecule has 0 bridgehead atoms. The van der Waals surface area contributed by atoms with Crippen LogP contribution >= 0.6 is 0 Å². The topological polar surface area (TPSA) is 32.7 Å². The minimum Gasteiger partial charge on any atom is -0.396 e. The number of aliphatic hydroxyl groups excluding tert-OH is 1. The van der Waals surface area contributed by atoms with Gasteiger partial charge in [0.2, 0.25) is 0 Å². The highest BCUT2D eigenvalue weighted by molar-refractivity contribution is 5.01. The zero-order chi connectivity index (χ0) is 10.9. The van der Waals surface area contributed by atoms with E-state index in [2.05, 4.69) is 18.7 Å². The first-order chi connectivity index (χ1) is 7.08. The molecular formula is C12H23NO2. The predicted molar refractivity (Wildman–Crippen MR) is 59.8 cm³/mol. The molecule has 0 amide bonds. The van der Waals surface area contributed by atoms with Gasteiger partial charge in [-0.3, -0.25) is 4.90 Å². The zero-order valence-corrected chi connectivity index (χ0v) is 9.96. The molecule has 0 unspecified atom stereocenters. The van der Waals surface area contributed by atoms with Crippen LogP contribution in [0.4, 0.5) is 0 Å². The third kappa shape index (κ3) is 2.19. The summed E-state index contributed by atoms with van der Waals surface area (Å²) in [6.07, 6.45) is 3.32. The number of ether oxygens (including phenoxy) is 1. The first-order valence-corrected chi connectivity index (χ1v) is 6.02. The fourth-order valence-corrected chi connectivity index (χ4v) is 2.74. The van der Waals surface area contributed by atoms with Gasteiger partial charge in [0.15, 0.2) is 0 Å². The fraction of sp³-hybridized carbons (Fsp3) is 1.00. The molecule has 1 spiro atoms. The van der Waals surface area contributed by atoms with Crippen molar-refractivity contribution < 1.29 is 9.84 Å². The van der Waals surface area contributed by atoms with Crippen LogP contribution in [0.15, 0.2) is 0 Å². The molecule has 0 aromatic heterocycles. The Kier molecular flexibility index (Phi) is 3.06. The van der Waals surface area contributed by atoms with Gasteiger partial charge in [0.25, 0.3) is 0 Å². The van der Waals surface area contributed by atoms with Crippen molar-refractivity contribution in [2.24, 2.45) is 5.41 Å². The van der Waals surface area contributed by atoms with Gasteiger partial charge in [-0.2, -0.15) is 0 Å². The van der Waals surface area contributed by atoms with Crippen LogP contribution in [0.2, 0.25) is 0 Å². The van der Waals surface area contributed by atoms with Gasteiger partial charge in [-0.25, -0.2) is 0 Å². The highest BCUT2D eigenvalue weighted by Crippen LogP contribution is 2.43. The van der Waals surface area contributed by atoms with Crippen molar-refractivity contribution in [2.75, 3.05) is 32.9 Å². The first-order valence-electron chi connectivity index (χ1n) is 6.02. The van der Waals surface area contributed by atoms with Gasteiger partial charge in [0, 0.05) is 43.9 Å². The molecule has 0 aromatic rings. The number of nitrogens with zero attached hydrogens (tertiary/aromatic N) is 1. The van der Waals surface area contributed by atoms with Crippen molar-refractivity contribution in [3.63, 3.8) is 0 Å². The average molecular weight is 213 g/mol. The largest absolute Gasteiger partial charge is 0.396 e. The molecule has 15 heavy (non-hydrogen) atoms. The normalized spacial score (nSPS) is 26.6. The molecule has 2 aliphatic heterocycles. The van der Waals surface area contributed by atoms with Crippen LogP contribution in [-0.2, 0) is 4.74 Å². The zero-order valence-electron chi connectivity index (χ0n) is 9.96. The molecule has 0 radical (unpaired) electrons. The second kappa shape index (κ2) is 4.04. The molecule has 0 saturated carbocycles. The van der Waals surface area contributed by atoms with Gasteiger partial charge in [-0.05, 0) is 33.1 Å². The van der Waals surface area contributed by atoms with E-state index in [0.717, 1.165) is 19.6 Å². The maximum Gasteiger partial charge on any atom is 0.0472 e. The molecule has 0 aliphatic carbocycles. The SMILES string of the molecule is CC(C)(CCO)N1CC2(CCOCC2)C1. The summed E-state index contributed by atoms with van der Waals surface area (Å²) in [5.41, 5.74) is 0.712. The summed E-state index contributed by atoms with van der Waals surface area (Å²) in [6, 6.07) is 0. The molecule has 0 atom stereocenters. The smallest absolute Gasteiger partial charge is 0.0472 e. The minimum atomic E-state index is 0.165. The molecule has 2 rings (SSSR count). The van der Waals surface area contributed by atoms with Crippen molar-refractivity contribution in [3.05, 3.63) is 0 Å². The first kappa shape index (κ1) is 11.4. The van der Waals surface area contributed by atoms with E-state index in [1.807, 2.05) is 0 Å². The Bertz CT molecular complexity index is 214. The van der Waals surface area contributed by atoms with E-state index in [0.29, 0.717) is 12.0 Å². The van der Waals surface area contributed by atoms with Crippen molar-refractivity contribution in [1.29, 1.82) is 0 Å². The Balaban J connectivity index is 1.86. The van der Waals surface area contributed by atoms with Crippen LogP contribution in [-0.4, -0.2) is 48.5 Å². The quantitative estimate of drug-likeness (QED) is 0.766. The number of rotatable bonds is 3. The Labute approximate surface area is 92.4 Å². The predicted octanol–water partition coefficient (Wildman–Crippen LogP) is 1.26. The van der Waals surface area contributed by atoms with Gasteiger partial charge in [0.05, 0.1) is 0 Å². The van der Waals surface area contributed by atoms with Gasteiger partial charge < -0.3 is 9.84 Å². The Morgan fingerprint density at radius 3 is 2.40 bits per heavy atom. The maximum atomic E-state index is 9.03. The fourth-order valence-electron chi connectivity index (χ4n) is 2.74. The van der Waals surface area contributed by atoms with Gasteiger partial charge in [-0.1, -0.05) is 0 Å². The molecule has 3 heteroatoms. The van der Waals surface area contributed by atoms with Crippen LogP contribution in [0.1, 0.15) is 33.1 Å². The van der Waals surface area contributed by atoms with Crippen molar-refractivity contribution in [1.82, 2.24) is 4.90 Å². The van der Waals surface area contributed by atoms with Crippen molar-refractivity contribution in [3.8, 4) is 0 Å². The molecule has 2 fully saturated rings. The van der Waals surface area contributed by atoms with E-state index in [1.54, 1.807) is 0 Å². The third-order valence-electron chi connectivity index (χ3n) is 4.19. The van der Waals surface area contributed by atoms with E-state index in [9.17, 15) is 0 Å². The van der Waals surface area contributed by atoms with Crippen LogP contribution in [0.3, 0.4) is 0 Å². The lowest BCUT2D eigenvalue weighted by atomic mass is 9.71. The van der Waals surface area contributed by atoms with Crippen molar-refractivity contribution in [2.45, 2.75) is 38.6 Å². The Hall–Kier alpha value is -0.120. The summed E-state index contributed by atoms with van der Waals surface area (Å²) in [7, 11) is 0. The molecule has 88 valence electrons. The standard InChI is InChI=1S/C12H23NO2/c1-11(2,3-6-14)13-9-12(10-13)4-7-15-8-5-12/h14H,3-10H2,1-2H3. The summed E-state index contributed by atoms with van der Waals surface area (Å²) in [4.78, 5) is 2.51. The molecule has 3 nitrogen and oxygen atoms in total. The summed E-state index contributed by atoms with van der Waals surface area (Å²) in [5, 5.41) is 9.03. The van der Waals surface area contributed by atoms with Crippen LogP contribution in [0.5, 0.6) is 0 Å². The summed E-state index contributed by atoms with van der Waals surface area (Å²) >= 11 is 0. The maximum absolute atomic E-state index is 9.03. The van der Waals surface area contributed by atoms with Crippen LogP contribution < -0.4 is 0 Å². The second-order valence-electron chi connectivity index (χ2n) is 5.75. The van der Waals surface area contributed by atoms with Crippen molar-refractivity contribution >= 4 is 0 Å². The Morgan fingerprint density at radius 2 is 1.87 bits per heavy atom. The summed E-state index contributed by atoms with van der Waals surface area (Å²) < 4.78 is 5.41. The lowest BCUT2D eigenvalue weighted by molar-refractivity contribution is -0.121.